The summed E-state index contributed by atoms with van der Waals surface area (Å²) in [6.07, 6.45) is 5.97. The minimum absolute atomic E-state index is 0. The molecule has 6 heterocycles. The van der Waals surface area contributed by atoms with E-state index in [2.05, 4.69) is 281 Å². The van der Waals surface area contributed by atoms with Crippen LogP contribution in [0.15, 0.2) is 188 Å². The largest absolute Gasteiger partial charge is 0.510 e. The average Bonchev–Trinajstić information content (AvgIpc) is 1.60. The molecule has 3 aliphatic rings. The van der Waals surface area contributed by atoms with Gasteiger partial charge in [-0.1, -0.05) is 257 Å². The molecule has 0 saturated carbocycles. The molecule has 9 aromatic carbocycles. The standard InChI is InChI=1S/C76H72N4OSi4.Pt/c1-76(2,3)53-37-38-77-73(46-53)80-66-34-29-50(51-30-35-69-71(44-51)84(8,9)41-39-82(69,4)5)43-65(66)62-33-32-56(48-68(62)80)81-55-20-16-19-54(47-55)78-49-79-74-57(52-31-36-70-72(45-52)85(10,11)42-40-83(70,6)7)25-17-26-63(74)60-23-14-12-21-58(60)59-22-13-15-24-61(59)64-27-18-28-67(78)75(64)79;/h12-38,43-46H,39-42H2,1-11H3;/q-2;. The molecule has 12 aromatic rings. The Balaban J connectivity index is 0.00000653. The van der Waals surface area contributed by atoms with Crippen LogP contribution in [0.1, 0.15) is 26.3 Å². The smallest absolute Gasteiger partial charge is 0.268 e. The summed E-state index contributed by atoms with van der Waals surface area (Å²) >= 11 is 0. The Labute approximate surface area is 525 Å². The molecule has 0 N–H and O–H groups in total. The number of aromatic nitrogens is 4. The summed E-state index contributed by atoms with van der Waals surface area (Å²) in [5, 5.41) is 8.89. The molecule has 0 bridgehead atoms. The van der Waals surface area contributed by atoms with Crippen molar-refractivity contribution in [1.29, 1.82) is 0 Å². The molecule has 86 heavy (non-hydrogen) atoms. The molecule has 15 rings (SSSR count). The van der Waals surface area contributed by atoms with E-state index in [1.165, 1.54) is 79.8 Å². The van der Waals surface area contributed by atoms with Crippen molar-refractivity contribution in [3.63, 3.8) is 0 Å². The Morgan fingerprint density at radius 3 is 1.67 bits per heavy atom. The fourth-order valence-corrected chi connectivity index (χ4v) is 35.1. The second-order valence-corrected chi connectivity index (χ2v) is 47.3. The Morgan fingerprint density at radius 1 is 0.465 bits per heavy atom. The molecular weight excluding hydrogens is 1290 g/mol. The molecule has 0 radical (unpaired) electrons. The van der Waals surface area contributed by atoms with E-state index in [-0.39, 0.29) is 26.5 Å². The van der Waals surface area contributed by atoms with Gasteiger partial charge in [-0.3, -0.25) is 4.57 Å². The summed E-state index contributed by atoms with van der Waals surface area (Å²) in [7, 11) is -6.30. The number of benzene rings is 9. The van der Waals surface area contributed by atoms with Crippen LogP contribution in [-0.2, 0) is 26.5 Å². The Morgan fingerprint density at radius 2 is 1.00 bits per heavy atom. The van der Waals surface area contributed by atoms with Crippen LogP contribution in [-0.4, -0.2) is 46.4 Å². The van der Waals surface area contributed by atoms with Gasteiger partial charge in [-0.2, -0.15) is 18.2 Å². The zero-order valence-electron chi connectivity index (χ0n) is 51.2. The van der Waals surface area contributed by atoms with Crippen LogP contribution < -0.4 is 30.1 Å². The number of imidazole rings is 1. The third-order valence-corrected chi connectivity index (χ3v) is 34.7. The first kappa shape index (κ1) is 56.6. The number of nitrogens with zero attached hydrogens (tertiary/aromatic N) is 4. The van der Waals surface area contributed by atoms with Crippen LogP contribution >= 0.6 is 0 Å². The molecule has 0 saturated heterocycles. The predicted molar refractivity (Wildman–Crippen MR) is 367 cm³/mol. The molecule has 0 unspecified atom stereocenters. The minimum atomic E-state index is -1.69. The van der Waals surface area contributed by atoms with Gasteiger partial charge in [0.15, 0.2) is 0 Å². The van der Waals surface area contributed by atoms with E-state index in [0.29, 0.717) is 11.5 Å². The van der Waals surface area contributed by atoms with Crippen molar-refractivity contribution in [2.45, 2.75) is 103 Å². The predicted octanol–water partition coefficient (Wildman–Crippen LogP) is 17.2. The maximum atomic E-state index is 6.96. The van der Waals surface area contributed by atoms with Crippen molar-refractivity contribution >= 4 is 85.9 Å². The molecule has 3 aliphatic heterocycles. The second kappa shape index (κ2) is 20.4. The molecule has 0 amide bonds. The van der Waals surface area contributed by atoms with Crippen LogP contribution in [0.25, 0.3) is 106 Å². The molecule has 0 fully saturated rings. The van der Waals surface area contributed by atoms with Gasteiger partial charge in [-0.25, -0.2) is 4.98 Å². The fraction of sp³-hybridized carbons (Fsp3) is 0.211. The van der Waals surface area contributed by atoms with Gasteiger partial charge in [-0.05, 0) is 95.9 Å². The molecule has 3 aromatic heterocycles. The number of ether oxygens (including phenoxy) is 1. The minimum Gasteiger partial charge on any atom is -0.510 e. The van der Waals surface area contributed by atoms with Gasteiger partial charge in [0, 0.05) is 44.3 Å². The Hall–Kier alpha value is -7.24. The van der Waals surface area contributed by atoms with E-state index in [9.17, 15) is 0 Å². The topological polar surface area (TPSA) is 35.9 Å². The first-order valence-electron chi connectivity index (χ1n) is 30.5. The first-order valence-corrected chi connectivity index (χ1v) is 43.4. The second-order valence-electron chi connectivity index (χ2n) is 28.1. The maximum Gasteiger partial charge on any atom is 0.268 e. The quantitative estimate of drug-likeness (QED) is 0.0945. The molecule has 430 valence electrons. The average molecular weight is 1360 g/mol. The third kappa shape index (κ3) is 9.21. The van der Waals surface area contributed by atoms with Gasteiger partial charge in [-0.15, -0.1) is 29.7 Å². The van der Waals surface area contributed by atoms with Crippen LogP contribution in [0.2, 0.25) is 76.6 Å². The zero-order chi connectivity index (χ0) is 58.5. The van der Waals surface area contributed by atoms with Crippen molar-refractivity contribution in [3.8, 4) is 84.3 Å². The van der Waals surface area contributed by atoms with E-state index in [4.69, 9.17) is 9.72 Å². The summed E-state index contributed by atoms with van der Waals surface area (Å²) in [6.45, 7) is 27.3. The normalized spacial score (nSPS) is 15.9. The first-order chi connectivity index (χ1) is 40.7. The van der Waals surface area contributed by atoms with Crippen LogP contribution in [0.5, 0.6) is 11.5 Å². The van der Waals surface area contributed by atoms with E-state index in [1.807, 2.05) is 12.3 Å². The SMILES string of the molecule is CC(C)(C)c1ccnc(-n2c3[c-]c(Oc4[c-]c(-n5[c-][n+]6c7c(cccc75)-c5ccccc5-c5ccccc5-c5cccc(-c7ccc8c(c7)[Si](C)(C)CC[Si]8(C)C)c5-6)ccc4)ccc3c3cc(-c4ccc5c(c4)[Si](C)(C)CC[Si]5(C)C)ccc32)c1.[Pt]. The zero-order valence-corrected chi connectivity index (χ0v) is 57.5. The summed E-state index contributed by atoms with van der Waals surface area (Å²) in [5.41, 5.74) is 19.3. The van der Waals surface area contributed by atoms with Crippen LogP contribution in [0, 0.1) is 18.5 Å². The van der Waals surface area contributed by atoms with Gasteiger partial charge < -0.3 is 13.9 Å². The molecule has 0 atom stereocenters. The monoisotopic (exact) mass is 1360 g/mol. The number of hydrogen-bond acceptors (Lipinski definition) is 2. The number of hydrogen-bond donors (Lipinski definition) is 0. The fourth-order valence-electron chi connectivity index (χ4n) is 14.5. The van der Waals surface area contributed by atoms with Gasteiger partial charge >= 0.3 is 0 Å². The number of fused-ring (bicyclic) bond motifs is 12. The van der Waals surface area contributed by atoms with Crippen LogP contribution in [0.3, 0.4) is 0 Å². The summed E-state index contributed by atoms with van der Waals surface area (Å²) in [4.78, 5) is 5.06. The van der Waals surface area contributed by atoms with E-state index in [0.717, 1.165) is 55.6 Å². The molecule has 0 spiro atoms. The van der Waals surface area contributed by atoms with Crippen molar-refractivity contribution in [2.75, 3.05) is 0 Å². The third-order valence-electron chi connectivity index (χ3n) is 19.7. The molecule has 0 aliphatic carbocycles. The van der Waals surface area contributed by atoms with E-state index >= 15 is 0 Å². The number of para-hydroxylation sites is 2. The van der Waals surface area contributed by atoms with Gasteiger partial charge in [0.25, 0.3) is 6.33 Å². The molecule has 10 heteroatoms. The molecular formula is C76H72N4OPtSi4-2. The van der Waals surface area contributed by atoms with Crippen molar-refractivity contribution in [2.24, 2.45) is 0 Å². The number of pyridine rings is 1. The summed E-state index contributed by atoms with van der Waals surface area (Å²) < 4.78 is 13.8. The summed E-state index contributed by atoms with van der Waals surface area (Å²) in [5.74, 6) is 2.04. The Bertz CT molecular complexity index is 4770. The maximum absolute atomic E-state index is 6.96. The summed E-state index contributed by atoms with van der Waals surface area (Å²) in [6, 6.07) is 81.3. The van der Waals surface area contributed by atoms with Gasteiger partial charge in [0.1, 0.15) is 5.82 Å². The van der Waals surface area contributed by atoms with Crippen molar-refractivity contribution in [1.82, 2.24) is 14.1 Å². The Kier molecular flexibility index (Phi) is 13.4. The van der Waals surface area contributed by atoms with E-state index in [1.54, 1.807) is 20.7 Å². The molecule has 5 nitrogen and oxygen atoms in total. The van der Waals surface area contributed by atoms with Gasteiger partial charge in [0.05, 0.1) is 49.0 Å². The number of rotatable bonds is 6. The van der Waals surface area contributed by atoms with Crippen molar-refractivity contribution < 1.29 is 30.4 Å². The van der Waals surface area contributed by atoms with Crippen LogP contribution in [0.4, 0.5) is 0 Å². The van der Waals surface area contributed by atoms with Gasteiger partial charge in [0.2, 0.25) is 0 Å². The van der Waals surface area contributed by atoms with E-state index < -0.39 is 32.3 Å². The van der Waals surface area contributed by atoms with Crippen molar-refractivity contribution in [3.05, 3.63) is 212 Å².